The summed E-state index contributed by atoms with van der Waals surface area (Å²) >= 11 is 5.09. The van der Waals surface area contributed by atoms with Crippen molar-refractivity contribution in [2.75, 3.05) is 17.7 Å². The van der Waals surface area contributed by atoms with Gasteiger partial charge in [0.25, 0.3) is 0 Å². The number of imidazole rings is 1. The molecule has 0 spiro atoms. The third-order valence-corrected chi connectivity index (χ3v) is 4.51. The molecule has 5 nitrogen and oxygen atoms in total. The lowest BCUT2D eigenvalue weighted by Gasteiger charge is -2.27. The molecule has 2 aromatic rings. The fourth-order valence-corrected chi connectivity index (χ4v) is 3.62. The van der Waals surface area contributed by atoms with Crippen molar-refractivity contribution in [2.24, 2.45) is 0 Å². The van der Waals surface area contributed by atoms with Crippen molar-refractivity contribution in [2.45, 2.75) is 51.7 Å². The summed E-state index contributed by atoms with van der Waals surface area (Å²) in [6.07, 6.45) is 4.44. The predicted molar refractivity (Wildman–Crippen MR) is 103 cm³/mol. The number of ether oxygens (including phenoxy) is 1. The molecule has 7 heteroatoms. The van der Waals surface area contributed by atoms with Gasteiger partial charge in [0.2, 0.25) is 0 Å². The zero-order chi connectivity index (χ0) is 18.1. The summed E-state index contributed by atoms with van der Waals surface area (Å²) in [5, 5.41) is 0.806. The Balaban J connectivity index is 2.62. The normalized spacial score (nSPS) is 11.8. The molecule has 0 atom stereocenters. The summed E-state index contributed by atoms with van der Waals surface area (Å²) < 4.78 is 8.48. The van der Waals surface area contributed by atoms with Crippen LogP contribution in [0.2, 0.25) is 0 Å². The maximum absolute atomic E-state index is 12.8. The number of nitrogens with zero attached hydrogens (tertiary/aromatic N) is 3. The minimum atomic E-state index is -0.542. The van der Waals surface area contributed by atoms with Gasteiger partial charge in [-0.2, -0.15) is 0 Å². The van der Waals surface area contributed by atoms with E-state index in [4.69, 9.17) is 4.74 Å². The molecule has 1 amide bonds. The molecule has 0 radical (unpaired) electrons. The minimum absolute atomic E-state index is 0.348. The number of anilines is 1. The average molecular weight is 414 g/mol. The lowest BCUT2D eigenvalue weighted by molar-refractivity contribution is 0.0578. The van der Waals surface area contributed by atoms with Gasteiger partial charge in [-0.3, -0.25) is 9.30 Å². The lowest BCUT2D eigenvalue weighted by Crippen LogP contribution is -2.38. The highest BCUT2D eigenvalue weighted by atomic mass is 79.9. The molecule has 0 aromatic carbocycles. The highest BCUT2D eigenvalue weighted by Crippen LogP contribution is 2.34. The van der Waals surface area contributed by atoms with Crippen LogP contribution in [0.5, 0.6) is 0 Å². The molecule has 24 heavy (non-hydrogen) atoms. The second-order valence-corrected chi connectivity index (χ2v) is 8.28. The van der Waals surface area contributed by atoms with E-state index in [0.717, 1.165) is 32.9 Å². The monoisotopic (exact) mass is 413 g/mol. The van der Waals surface area contributed by atoms with Crippen LogP contribution >= 0.6 is 27.7 Å². The number of aromatic nitrogens is 2. The number of pyridine rings is 1. The van der Waals surface area contributed by atoms with Crippen molar-refractivity contribution in [3.05, 3.63) is 22.3 Å². The van der Waals surface area contributed by atoms with E-state index in [1.807, 2.05) is 57.5 Å². The van der Waals surface area contributed by atoms with Gasteiger partial charge < -0.3 is 4.74 Å². The van der Waals surface area contributed by atoms with Crippen molar-refractivity contribution in [1.29, 1.82) is 0 Å². The van der Waals surface area contributed by atoms with Gasteiger partial charge in [0.05, 0.1) is 4.47 Å². The van der Waals surface area contributed by atoms with E-state index in [9.17, 15) is 4.79 Å². The second kappa shape index (κ2) is 7.35. The molecule has 0 aliphatic rings. The number of aryl methyl sites for hydroxylation is 1. The van der Waals surface area contributed by atoms with Crippen molar-refractivity contribution in [3.63, 3.8) is 0 Å². The maximum Gasteiger partial charge on any atom is 0.416 e. The van der Waals surface area contributed by atoms with Crippen LogP contribution in [0.3, 0.4) is 0 Å². The number of hydrogen-bond donors (Lipinski definition) is 0. The van der Waals surface area contributed by atoms with E-state index in [1.165, 1.54) is 11.8 Å². The van der Waals surface area contributed by atoms with Gasteiger partial charge in [-0.25, -0.2) is 9.78 Å². The Labute approximate surface area is 155 Å². The van der Waals surface area contributed by atoms with Crippen LogP contribution in [-0.2, 0) is 4.74 Å². The Morgan fingerprint density at radius 1 is 1.46 bits per heavy atom. The van der Waals surface area contributed by atoms with E-state index in [-0.39, 0.29) is 6.09 Å². The van der Waals surface area contributed by atoms with Gasteiger partial charge in [-0.15, -0.1) is 11.8 Å². The molecule has 2 heterocycles. The quantitative estimate of drug-likeness (QED) is 0.639. The lowest BCUT2D eigenvalue weighted by atomic mass is 10.2. The molecule has 0 unspecified atom stereocenters. The molecule has 0 aliphatic carbocycles. The zero-order valence-electron chi connectivity index (χ0n) is 15.0. The van der Waals surface area contributed by atoms with Gasteiger partial charge in [0.1, 0.15) is 10.6 Å². The van der Waals surface area contributed by atoms with E-state index in [1.54, 1.807) is 4.90 Å². The largest absolute Gasteiger partial charge is 0.443 e. The summed E-state index contributed by atoms with van der Waals surface area (Å²) in [5.41, 5.74) is 1.34. The first kappa shape index (κ1) is 19.1. The molecular weight excluding hydrogens is 390 g/mol. The molecular formula is C17H24BrN3O2S. The summed E-state index contributed by atoms with van der Waals surface area (Å²) in [7, 11) is 0. The summed E-state index contributed by atoms with van der Waals surface area (Å²) in [5.74, 6) is 0.762. The number of fused-ring (bicyclic) bond motifs is 1. The highest BCUT2D eigenvalue weighted by molar-refractivity contribution is 9.10. The summed E-state index contributed by atoms with van der Waals surface area (Å²) in [6, 6.07) is 2.02. The smallest absolute Gasteiger partial charge is 0.416 e. The Bertz CT molecular complexity index is 752. The standard InChI is InChI=1S/C17H24BrN3O2S/c1-7-8-20(16(22)23-17(3,4)5)15-14(24-6)19-13-12(18)9-11(2)10-21(13)15/h9-10H,7-8H2,1-6H3. The average Bonchev–Trinajstić information content (AvgIpc) is 2.81. The first-order valence-electron chi connectivity index (χ1n) is 7.90. The van der Waals surface area contributed by atoms with Gasteiger partial charge in [0, 0.05) is 12.7 Å². The van der Waals surface area contributed by atoms with Crippen LogP contribution in [0.15, 0.2) is 21.8 Å². The van der Waals surface area contributed by atoms with E-state index in [2.05, 4.69) is 20.9 Å². The Hall–Kier alpha value is -1.21. The van der Waals surface area contributed by atoms with Gasteiger partial charge >= 0.3 is 6.09 Å². The number of carbonyl (C=O) groups excluding carboxylic acids is 1. The Kier molecular flexibility index (Phi) is 5.86. The topological polar surface area (TPSA) is 46.8 Å². The third kappa shape index (κ3) is 4.06. The van der Waals surface area contributed by atoms with Crippen LogP contribution in [0.1, 0.15) is 39.7 Å². The molecule has 0 bridgehead atoms. The highest BCUT2D eigenvalue weighted by Gasteiger charge is 2.28. The molecule has 0 N–H and O–H groups in total. The van der Waals surface area contributed by atoms with E-state index >= 15 is 0 Å². The molecule has 0 saturated heterocycles. The van der Waals surface area contributed by atoms with Crippen molar-refractivity contribution < 1.29 is 9.53 Å². The summed E-state index contributed by atoms with van der Waals surface area (Å²) in [4.78, 5) is 19.1. The van der Waals surface area contributed by atoms with Crippen LogP contribution in [0.4, 0.5) is 10.6 Å². The zero-order valence-corrected chi connectivity index (χ0v) is 17.4. The molecule has 0 saturated carbocycles. The van der Waals surface area contributed by atoms with Crippen molar-refractivity contribution in [3.8, 4) is 0 Å². The van der Waals surface area contributed by atoms with E-state index < -0.39 is 5.60 Å². The van der Waals surface area contributed by atoms with Crippen LogP contribution in [0.25, 0.3) is 5.65 Å². The molecule has 2 aromatic heterocycles. The van der Waals surface area contributed by atoms with Gasteiger partial charge in [-0.1, -0.05) is 6.92 Å². The van der Waals surface area contributed by atoms with Crippen LogP contribution in [-0.4, -0.2) is 33.9 Å². The summed E-state index contributed by atoms with van der Waals surface area (Å²) in [6.45, 7) is 10.3. The predicted octanol–water partition coefficient (Wildman–Crippen LogP) is 5.28. The van der Waals surface area contributed by atoms with Crippen LogP contribution < -0.4 is 4.90 Å². The second-order valence-electron chi connectivity index (χ2n) is 6.64. The van der Waals surface area contributed by atoms with E-state index in [0.29, 0.717) is 6.54 Å². The van der Waals surface area contributed by atoms with Crippen molar-refractivity contribution in [1.82, 2.24) is 9.38 Å². The molecule has 0 fully saturated rings. The maximum atomic E-state index is 12.8. The number of halogens is 1. The molecule has 132 valence electrons. The van der Waals surface area contributed by atoms with Gasteiger partial charge in [0.15, 0.2) is 11.5 Å². The number of amides is 1. The first-order valence-corrected chi connectivity index (χ1v) is 9.92. The number of hydrogen-bond acceptors (Lipinski definition) is 4. The van der Waals surface area contributed by atoms with Crippen molar-refractivity contribution >= 4 is 45.3 Å². The first-order chi connectivity index (χ1) is 11.2. The number of rotatable bonds is 4. The minimum Gasteiger partial charge on any atom is -0.443 e. The van der Waals surface area contributed by atoms with Crippen LogP contribution in [0, 0.1) is 6.92 Å². The fourth-order valence-electron chi connectivity index (χ4n) is 2.41. The Morgan fingerprint density at radius 2 is 2.12 bits per heavy atom. The fraction of sp³-hybridized carbons (Fsp3) is 0.529. The molecule has 2 rings (SSSR count). The number of thioether (sulfide) groups is 1. The third-order valence-electron chi connectivity index (χ3n) is 3.27. The van der Waals surface area contributed by atoms with Gasteiger partial charge in [-0.05, 0) is 67.9 Å². The SMILES string of the molecule is CCCN(C(=O)OC(C)(C)C)c1c(SC)nc2c(Br)cc(C)cn12. The molecule has 0 aliphatic heterocycles. The Morgan fingerprint density at radius 3 is 2.67 bits per heavy atom. The number of carbonyl (C=O) groups is 1.